The Morgan fingerprint density at radius 1 is 0.933 bits per heavy atom. The Labute approximate surface area is 258 Å². The molecule has 0 radical (unpaired) electrons. The first-order valence-corrected chi connectivity index (χ1v) is 14.6. The predicted octanol–water partition coefficient (Wildman–Crippen LogP) is -9.05. The van der Waals surface area contributed by atoms with Crippen LogP contribution in [0.3, 0.4) is 0 Å². The van der Waals surface area contributed by atoms with Crippen molar-refractivity contribution < 1.29 is 69.4 Å². The van der Waals surface area contributed by atoms with Crippen LogP contribution in [0.4, 0.5) is 0 Å². The van der Waals surface area contributed by atoms with Gasteiger partial charge in [0.1, 0.15) is 66.6 Å². The molecule has 0 bridgehead atoms. The second-order valence-electron chi connectivity index (χ2n) is 11.8. The van der Waals surface area contributed by atoms with Crippen LogP contribution >= 0.6 is 0 Å². The van der Waals surface area contributed by atoms with Crippen LogP contribution in [0.2, 0.25) is 0 Å². The number of ether oxygens (including phenoxy) is 4. The highest BCUT2D eigenvalue weighted by atomic mass is 16.7. The average Bonchev–Trinajstić information content (AvgIpc) is 3.00. The van der Waals surface area contributed by atoms with E-state index < -0.39 is 116 Å². The Morgan fingerprint density at radius 3 is 2.18 bits per heavy atom. The van der Waals surface area contributed by atoms with Crippen LogP contribution in [0.5, 0.6) is 0 Å². The molecule has 20 heteroatoms. The predicted molar refractivity (Wildman–Crippen MR) is 149 cm³/mol. The molecule has 2 aliphatic heterocycles. The highest BCUT2D eigenvalue weighted by Crippen LogP contribution is 2.32. The third-order valence-electron chi connectivity index (χ3n) is 8.27. The summed E-state index contributed by atoms with van der Waals surface area (Å²) in [4.78, 5) is 24.7. The summed E-state index contributed by atoms with van der Waals surface area (Å²) in [7, 11) is 1.49. The van der Waals surface area contributed by atoms with E-state index in [1.54, 1.807) is 0 Å². The van der Waals surface area contributed by atoms with Gasteiger partial charge in [-0.25, -0.2) is 0 Å². The van der Waals surface area contributed by atoms with Gasteiger partial charge in [0.05, 0.1) is 25.2 Å². The normalized spacial score (nSPS) is 43.7. The minimum atomic E-state index is -1.82. The highest BCUT2D eigenvalue weighted by molar-refractivity contribution is 5.84. The molecule has 262 valence electrons. The molecule has 0 unspecified atom stereocenters. The number of nitrogens with two attached hydrogens (primary N) is 3. The van der Waals surface area contributed by atoms with Crippen molar-refractivity contribution in [3.8, 4) is 0 Å². The molecule has 20 nitrogen and oxygen atoms in total. The van der Waals surface area contributed by atoms with Crippen LogP contribution < -0.4 is 33.2 Å². The maximum absolute atomic E-state index is 12.9. The number of amides is 2. The first-order chi connectivity index (χ1) is 21.1. The summed E-state index contributed by atoms with van der Waals surface area (Å²) in [5.74, 6) is -1.94. The smallest absolute Gasteiger partial charge is 0.250 e. The molecule has 0 aromatic rings. The molecule has 3 rings (SSSR count). The maximum Gasteiger partial charge on any atom is 0.250 e. The van der Waals surface area contributed by atoms with E-state index in [1.807, 2.05) is 0 Å². The van der Waals surface area contributed by atoms with E-state index in [2.05, 4.69) is 16.0 Å². The van der Waals surface area contributed by atoms with E-state index in [1.165, 1.54) is 14.0 Å². The van der Waals surface area contributed by atoms with Gasteiger partial charge in [-0.05, 0) is 20.4 Å². The number of carbonyl (C=O) groups is 2. The Kier molecular flexibility index (Phi) is 13.4. The van der Waals surface area contributed by atoms with E-state index in [9.17, 15) is 50.4 Å². The molecule has 3 fully saturated rings. The van der Waals surface area contributed by atoms with Crippen LogP contribution in [0.15, 0.2) is 0 Å². The van der Waals surface area contributed by atoms with E-state index in [0.29, 0.717) is 0 Å². The summed E-state index contributed by atoms with van der Waals surface area (Å²) in [5.41, 5.74) is 15.6. The molecule has 0 spiro atoms. The summed E-state index contributed by atoms with van der Waals surface area (Å²) in [6.07, 6.45) is -18.9. The summed E-state index contributed by atoms with van der Waals surface area (Å²) in [6.45, 7) is -0.0999. The molecule has 1 saturated carbocycles. The van der Waals surface area contributed by atoms with Crippen LogP contribution in [-0.4, -0.2) is 183 Å². The lowest BCUT2D eigenvalue weighted by molar-refractivity contribution is -0.330. The van der Waals surface area contributed by atoms with Gasteiger partial charge in [-0.15, -0.1) is 0 Å². The molecule has 2 saturated heterocycles. The first kappa shape index (κ1) is 37.8. The highest BCUT2D eigenvalue weighted by Gasteiger charge is 2.53. The van der Waals surface area contributed by atoms with Crippen LogP contribution in [-0.2, 0) is 28.5 Å². The van der Waals surface area contributed by atoms with Gasteiger partial charge in [0.15, 0.2) is 12.6 Å². The SMILES string of the molecule is CN[C@@H]1[C@@H](O)[C@@H](O[C@@H]2[C@@H](O)[C@H](O[C@H]3O[C@H](CN)[C@@H](O)[C@H](O)[C@H]3O)[C@@H](N)C[C@H]2NC(=O)[C@@H](O)CNC(=O)[C@@H](O)CN)OC[C@]1(C)O. The molecule has 0 aromatic heterocycles. The van der Waals surface area contributed by atoms with Crippen molar-refractivity contribution in [1.29, 1.82) is 0 Å². The van der Waals surface area contributed by atoms with Gasteiger partial charge >= 0.3 is 0 Å². The second kappa shape index (κ2) is 15.9. The molecular weight excluding hydrogens is 608 g/mol. The van der Waals surface area contributed by atoms with Crippen molar-refractivity contribution in [2.45, 2.75) is 111 Å². The second-order valence-corrected chi connectivity index (χ2v) is 11.8. The number of rotatable bonds is 12. The molecular formula is C25H48N6O14. The van der Waals surface area contributed by atoms with Crippen LogP contribution in [0, 0.1) is 0 Å². The number of aliphatic hydroxyl groups excluding tert-OH is 7. The van der Waals surface area contributed by atoms with Crippen molar-refractivity contribution in [1.82, 2.24) is 16.0 Å². The zero-order valence-corrected chi connectivity index (χ0v) is 25.0. The first-order valence-electron chi connectivity index (χ1n) is 14.6. The standard InChI is InChI=1S/C25H48N6O14/c1-25(41)7-42-23(17(38)20(25)29-2)45-19-9(31-22(40)11(33)6-30-21(39)10(32)4-26)3-8(28)18(16(19)37)44-24-15(36)14(35)13(34)12(5-27)43-24/h8-20,23-24,29,32-38,41H,3-7,26-28H2,1-2H3,(H,30,39)(H,31,40)/t8-,9+,10-,11-,12+,13+,14-,15+,16-,17+,18+,19-,20+,23+,24+,25-/m0/s1. The van der Waals surface area contributed by atoms with Gasteiger partial charge in [-0.1, -0.05) is 0 Å². The zero-order valence-electron chi connectivity index (χ0n) is 25.0. The van der Waals surface area contributed by atoms with Crippen LogP contribution in [0.25, 0.3) is 0 Å². The van der Waals surface area contributed by atoms with Crippen LogP contribution in [0.1, 0.15) is 13.3 Å². The minimum absolute atomic E-state index is 0.187. The van der Waals surface area contributed by atoms with E-state index in [-0.39, 0.29) is 26.1 Å². The summed E-state index contributed by atoms with van der Waals surface area (Å²) < 4.78 is 22.8. The number of carbonyl (C=O) groups excluding carboxylic acids is 2. The van der Waals surface area contributed by atoms with Crippen molar-refractivity contribution in [3.05, 3.63) is 0 Å². The fourth-order valence-electron chi connectivity index (χ4n) is 5.63. The van der Waals surface area contributed by atoms with Gasteiger partial charge in [0.25, 0.3) is 5.91 Å². The van der Waals surface area contributed by atoms with E-state index >= 15 is 0 Å². The monoisotopic (exact) mass is 656 g/mol. The van der Waals surface area contributed by atoms with Gasteiger partial charge in [0, 0.05) is 19.1 Å². The van der Waals surface area contributed by atoms with Gasteiger partial charge in [0.2, 0.25) is 5.91 Å². The quantitative estimate of drug-likeness (QED) is 0.0926. The van der Waals surface area contributed by atoms with Gasteiger partial charge in [-0.2, -0.15) is 0 Å². The van der Waals surface area contributed by atoms with Crippen molar-refractivity contribution in [3.63, 3.8) is 0 Å². The number of nitrogens with one attached hydrogen (secondary N) is 3. The molecule has 17 N–H and O–H groups in total. The van der Waals surface area contributed by atoms with Crippen molar-refractivity contribution >= 4 is 11.8 Å². The topological polar surface area (TPSA) is 347 Å². The van der Waals surface area contributed by atoms with Crippen molar-refractivity contribution in [2.24, 2.45) is 17.2 Å². The Morgan fingerprint density at radius 2 is 1.58 bits per heavy atom. The Balaban J connectivity index is 1.81. The third-order valence-corrected chi connectivity index (χ3v) is 8.27. The number of aliphatic hydroxyl groups is 8. The van der Waals surface area contributed by atoms with Gasteiger partial charge in [-0.3, -0.25) is 9.59 Å². The fraction of sp³-hybridized carbons (Fsp3) is 0.920. The molecule has 16 atom stereocenters. The summed E-state index contributed by atoms with van der Waals surface area (Å²) in [5, 5.41) is 91.1. The fourth-order valence-corrected chi connectivity index (χ4v) is 5.63. The van der Waals surface area contributed by atoms with Gasteiger partial charge < -0.3 is 93.0 Å². The molecule has 2 amide bonds. The lowest BCUT2D eigenvalue weighted by atomic mass is 9.83. The Hall–Kier alpha value is -1.70. The van der Waals surface area contributed by atoms with E-state index in [4.69, 9.17) is 36.1 Å². The van der Waals surface area contributed by atoms with E-state index in [0.717, 1.165) is 0 Å². The zero-order chi connectivity index (χ0) is 33.8. The average molecular weight is 657 g/mol. The third kappa shape index (κ3) is 8.61. The molecule has 0 aromatic carbocycles. The number of likely N-dealkylation sites (N-methyl/N-ethyl adjacent to an activating group) is 1. The van der Waals surface area contributed by atoms with Crippen molar-refractivity contribution in [2.75, 3.05) is 33.3 Å². The lowest BCUT2D eigenvalue weighted by Crippen LogP contribution is -2.70. The molecule has 1 aliphatic carbocycles. The molecule has 45 heavy (non-hydrogen) atoms. The largest absolute Gasteiger partial charge is 0.388 e. The number of hydrogen-bond acceptors (Lipinski definition) is 18. The molecule has 2 heterocycles. The summed E-state index contributed by atoms with van der Waals surface area (Å²) >= 11 is 0. The maximum atomic E-state index is 12.9. The Bertz CT molecular complexity index is 983. The number of hydrogen-bond donors (Lipinski definition) is 14. The minimum Gasteiger partial charge on any atom is -0.388 e. The molecule has 3 aliphatic rings. The summed E-state index contributed by atoms with van der Waals surface area (Å²) in [6, 6.07) is -3.21. The lowest BCUT2D eigenvalue weighted by Gasteiger charge is -2.49.